The zero-order valence-electron chi connectivity index (χ0n) is 17.0. The normalized spacial score (nSPS) is 13.2. The monoisotopic (exact) mass is 520 g/mol. The lowest BCUT2D eigenvalue weighted by atomic mass is 10.1. The van der Waals surface area contributed by atoms with E-state index in [-0.39, 0.29) is 24.0 Å². The summed E-state index contributed by atoms with van der Waals surface area (Å²) >= 11 is 0. The van der Waals surface area contributed by atoms with Gasteiger partial charge in [-0.15, -0.1) is 24.0 Å². The molecular weight excluding hydrogens is 495 g/mol. The molecule has 7 nitrogen and oxygen atoms in total. The first-order valence-electron chi connectivity index (χ1n) is 9.60. The van der Waals surface area contributed by atoms with Crippen LogP contribution in [0.4, 0.5) is 5.69 Å². The summed E-state index contributed by atoms with van der Waals surface area (Å²) in [5.74, 6) is 3.43. The molecule has 30 heavy (non-hydrogen) atoms. The fourth-order valence-corrected chi connectivity index (χ4v) is 2.96. The molecular formula is C22H25IN4O3. The average molecular weight is 520 g/mol. The first-order chi connectivity index (χ1) is 14.2. The second kappa shape index (κ2) is 10.3. The van der Waals surface area contributed by atoms with Crippen LogP contribution in [0, 0.1) is 6.92 Å². The van der Waals surface area contributed by atoms with Crippen molar-refractivity contribution in [1.29, 1.82) is 0 Å². The Bertz CT molecular complexity index is 1000. The van der Waals surface area contributed by atoms with Crippen molar-refractivity contribution < 1.29 is 13.9 Å². The number of hydrogen-bond donors (Lipinski definition) is 2. The maximum absolute atomic E-state index is 5.85. The van der Waals surface area contributed by atoms with Gasteiger partial charge in [0.05, 0.1) is 26.0 Å². The van der Waals surface area contributed by atoms with Crippen LogP contribution in [0.3, 0.4) is 0 Å². The van der Waals surface area contributed by atoms with Crippen LogP contribution in [0.2, 0.25) is 0 Å². The van der Waals surface area contributed by atoms with Crippen LogP contribution in [0.15, 0.2) is 58.1 Å². The van der Waals surface area contributed by atoms with Crippen molar-refractivity contribution in [2.45, 2.75) is 19.9 Å². The molecule has 2 heterocycles. The van der Waals surface area contributed by atoms with Crippen LogP contribution in [0.25, 0.3) is 11.3 Å². The highest BCUT2D eigenvalue weighted by atomic mass is 127. The summed E-state index contributed by atoms with van der Waals surface area (Å²) in [6, 6.07) is 13.9. The maximum atomic E-state index is 5.85. The predicted octanol–water partition coefficient (Wildman–Crippen LogP) is 4.62. The fourth-order valence-electron chi connectivity index (χ4n) is 2.96. The molecule has 158 valence electrons. The topological polar surface area (TPSA) is 80.9 Å². The van der Waals surface area contributed by atoms with E-state index in [1.54, 1.807) is 13.2 Å². The van der Waals surface area contributed by atoms with E-state index in [1.807, 2.05) is 30.3 Å². The van der Waals surface area contributed by atoms with E-state index in [2.05, 4.69) is 39.7 Å². The highest BCUT2D eigenvalue weighted by Gasteiger charge is 2.12. The van der Waals surface area contributed by atoms with Crippen LogP contribution in [0.5, 0.6) is 11.5 Å². The van der Waals surface area contributed by atoms with Crippen molar-refractivity contribution in [3.63, 3.8) is 0 Å². The molecule has 0 radical (unpaired) electrons. The van der Waals surface area contributed by atoms with Crippen LogP contribution in [0.1, 0.15) is 17.9 Å². The highest BCUT2D eigenvalue weighted by molar-refractivity contribution is 14.0. The summed E-state index contributed by atoms with van der Waals surface area (Å²) in [6.07, 6.45) is 2.61. The number of aliphatic imine (C=N–C) groups is 1. The highest BCUT2D eigenvalue weighted by Crippen LogP contribution is 2.32. The van der Waals surface area contributed by atoms with Crippen LogP contribution in [-0.2, 0) is 6.54 Å². The zero-order chi connectivity index (χ0) is 20.1. The third kappa shape index (κ3) is 5.44. The molecule has 2 aromatic carbocycles. The number of nitrogens with zero attached hydrogens (tertiary/aromatic N) is 2. The van der Waals surface area contributed by atoms with E-state index < -0.39 is 0 Å². The quantitative estimate of drug-likeness (QED) is 0.297. The Hall–Kier alpha value is -2.75. The maximum Gasteiger partial charge on any atom is 0.214 e. The van der Waals surface area contributed by atoms with Gasteiger partial charge >= 0.3 is 0 Å². The van der Waals surface area contributed by atoms with Crippen molar-refractivity contribution in [2.24, 2.45) is 4.99 Å². The standard InChI is InChI=1S/C22H24N4O3.HI/c1-15-4-6-16(7-5-15)20-13-24-21(29-20)14-25-22(23-2)26-17-8-9-18-19(12-17)28-11-3-10-27-18;/h4-9,12-13H,3,10-11,14H2,1-2H3,(H2,23,25,26);1H. The van der Waals surface area contributed by atoms with Gasteiger partial charge < -0.3 is 24.5 Å². The first kappa shape index (κ1) is 21.9. The summed E-state index contributed by atoms with van der Waals surface area (Å²) in [5, 5.41) is 6.46. The number of fused-ring (bicyclic) bond motifs is 1. The average Bonchev–Trinajstić information content (AvgIpc) is 3.09. The Labute approximate surface area is 192 Å². The molecule has 3 aromatic rings. The van der Waals surface area contributed by atoms with Gasteiger partial charge in [0.15, 0.2) is 23.2 Å². The number of ether oxygens (including phenoxy) is 2. The van der Waals surface area contributed by atoms with Crippen LogP contribution >= 0.6 is 24.0 Å². The van der Waals surface area contributed by atoms with Gasteiger partial charge in [-0.25, -0.2) is 4.98 Å². The molecule has 1 aliphatic rings. The Morgan fingerprint density at radius 2 is 1.83 bits per heavy atom. The Morgan fingerprint density at radius 1 is 1.07 bits per heavy atom. The number of aryl methyl sites for hydroxylation is 1. The molecule has 8 heteroatoms. The molecule has 1 aromatic heterocycles. The lowest BCUT2D eigenvalue weighted by Crippen LogP contribution is -2.30. The third-order valence-corrected chi connectivity index (χ3v) is 4.53. The number of nitrogens with one attached hydrogen (secondary N) is 2. The minimum Gasteiger partial charge on any atom is -0.490 e. The number of rotatable bonds is 4. The first-order valence-corrected chi connectivity index (χ1v) is 9.60. The summed E-state index contributed by atoms with van der Waals surface area (Å²) in [7, 11) is 1.71. The molecule has 0 saturated carbocycles. The van der Waals surface area contributed by atoms with Crippen molar-refractivity contribution in [3.05, 3.63) is 60.1 Å². The van der Waals surface area contributed by atoms with Crippen molar-refractivity contribution in [3.8, 4) is 22.8 Å². The fraction of sp³-hybridized carbons (Fsp3) is 0.273. The SMILES string of the molecule is CN=C(NCc1ncc(-c2ccc(C)cc2)o1)Nc1ccc2c(c1)OCCCO2.I. The number of anilines is 1. The molecule has 0 aliphatic carbocycles. The Balaban J connectivity index is 0.00000256. The Morgan fingerprint density at radius 3 is 2.60 bits per heavy atom. The van der Waals surface area contributed by atoms with Crippen molar-refractivity contribution in [2.75, 3.05) is 25.6 Å². The molecule has 0 fully saturated rings. The van der Waals surface area contributed by atoms with E-state index in [9.17, 15) is 0 Å². The summed E-state index contributed by atoms with van der Waals surface area (Å²) in [6.45, 7) is 3.79. The van der Waals surface area contributed by atoms with Crippen molar-refractivity contribution >= 4 is 35.6 Å². The Kier molecular flexibility index (Phi) is 7.56. The summed E-state index contributed by atoms with van der Waals surface area (Å²) in [4.78, 5) is 8.60. The largest absolute Gasteiger partial charge is 0.490 e. The lowest BCUT2D eigenvalue weighted by molar-refractivity contribution is 0.297. The number of guanidine groups is 1. The van der Waals surface area contributed by atoms with Gasteiger partial charge in [-0.05, 0) is 19.1 Å². The lowest BCUT2D eigenvalue weighted by Gasteiger charge is -2.13. The molecule has 0 spiro atoms. The number of oxazole rings is 1. The molecule has 1 aliphatic heterocycles. The minimum atomic E-state index is 0. The number of aromatic nitrogens is 1. The predicted molar refractivity (Wildman–Crippen MR) is 128 cm³/mol. The van der Waals surface area contributed by atoms with Crippen LogP contribution < -0.4 is 20.1 Å². The summed E-state index contributed by atoms with van der Waals surface area (Å²) in [5.41, 5.74) is 3.07. The second-order valence-corrected chi connectivity index (χ2v) is 6.75. The van der Waals surface area contributed by atoms with E-state index >= 15 is 0 Å². The van der Waals surface area contributed by atoms with Gasteiger partial charge in [0.1, 0.15) is 0 Å². The molecule has 0 bridgehead atoms. The van der Waals surface area contributed by atoms with Gasteiger partial charge in [0.2, 0.25) is 5.89 Å². The van der Waals surface area contributed by atoms with Crippen molar-refractivity contribution in [1.82, 2.24) is 10.3 Å². The zero-order valence-corrected chi connectivity index (χ0v) is 19.3. The van der Waals surface area contributed by atoms with E-state index in [0.29, 0.717) is 31.6 Å². The third-order valence-electron chi connectivity index (χ3n) is 4.53. The second-order valence-electron chi connectivity index (χ2n) is 6.75. The number of hydrogen-bond acceptors (Lipinski definition) is 5. The van der Waals surface area contributed by atoms with E-state index in [0.717, 1.165) is 34.9 Å². The molecule has 0 unspecified atom stereocenters. The molecule has 4 rings (SSSR count). The molecule has 0 atom stereocenters. The van der Waals surface area contributed by atoms with Gasteiger partial charge in [-0.3, -0.25) is 4.99 Å². The number of benzene rings is 2. The van der Waals surface area contributed by atoms with E-state index in [4.69, 9.17) is 13.9 Å². The molecule has 2 N–H and O–H groups in total. The van der Waals surface area contributed by atoms with E-state index in [1.165, 1.54) is 5.56 Å². The number of halogens is 1. The van der Waals surface area contributed by atoms with Gasteiger partial charge in [-0.1, -0.05) is 29.8 Å². The summed E-state index contributed by atoms with van der Waals surface area (Å²) < 4.78 is 17.3. The van der Waals surface area contributed by atoms with Crippen LogP contribution in [-0.4, -0.2) is 31.2 Å². The van der Waals surface area contributed by atoms with Gasteiger partial charge in [0, 0.05) is 30.8 Å². The smallest absolute Gasteiger partial charge is 0.214 e. The van der Waals surface area contributed by atoms with Gasteiger partial charge in [-0.2, -0.15) is 0 Å². The van der Waals surface area contributed by atoms with Gasteiger partial charge in [0.25, 0.3) is 0 Å². The molecule has 0 saturated heterocycles. The minimum absolute atomic E-state index is 0. The molecule has 0 amide bonds.